The van der Waals surface area contributed by atoms with Crippen molar-refractivity contribution < 1.29 is 32.6 Å². The molecule has 3 amide bonds. The minimum atomic E-state index is -2.98. The summed E-state index contributed by atoms with van der Waals surface area (Å²) in [5, 5.41) is 5.84. The van der Waals surface area contributed by atoms with Crippen molar-refractivity contribution in [3.8, 4) is 0 Å². The molecule has 0 spiro atoms. The summed E-state index contributed by atoms with van der Waals surface area (Å²) in [6.45, 7) is 12.5. The summed E-state index contributed by atoms with van der Waals surface area (Å²) in [7, 11) is 0. The number of hydrogen-bond acceptors (Lipinski definition) is 8. The summed E-state index contributed by atoms with van der Waals surface area (Å²) in [6.07, 6.45) is 2.52. The van der Waals surface area contributed by atoms with Gasteiger partial charge in [-0.25, -0.2) is 18.6 Å². The third-order valence-electron chi connectivity index (χ3n) is 8.27. The molecular weight excluding hydrogens is 580 g/mol. The fourth-order valence-electron chi connectivity index (χ4n) is 6.23. The molecule has 3 aliphatic rings. The highest BCUT2D eigenvalue weighted by atomic mass is 32.1. The molecule has 1 aromatic heterocycles. The van der Waals surface area contributed by atoms with Crippen molar-refractivity contribution in [2.45, 2.75) is 116 Å². The molecule has 0 radical (unpaired) electrons. The maximum Gasteiger partial charge on any atom is 0.408 e. The van der Waals surface area contributed by atoms with E-state index >= 15 is 0 Å². The largest absolute Gasteiger partial charge is 0.436 e. The van der Waals surface area contributed by atoms with Crippen LogP contribution < -0.4 is 10.6 Å². The normalized spacial score (nSPS) is 28.2. The van der Waals surface area contributed by atoms with E-state index in [0.717, 1.165) is 37.0 Å². The van der Waals surface area contributed by atoms with Crippen molar-refractivity contribution >= 4 is 34.4 Å². The number of amides is 3. The molecule has 2 N–H and O–H groups in total. The summed E-state index contributed by atoms with van der Waals surface area (Å²) in [5.74, 6) is -3.36. The second-order valence-electron chi connectivity index (χ2n) is 13.6. The molecule has 3 heterocycles. The van der Waals surface area contributed by atoms with Gasteiger partial charge in [0.05, 0.1) is 29.7 Å². The SMILES string of the molecule is CC1CCC(C(OC(=O)NC(C)(C)C)C(=O)Nc2ncc(C(CN3C[C@H](C)O[C@@H](C)C3)N3CC(F)(F)CCC3=O)s2)CC1. The molecule has 0 bridgehead atoms. The lowest BCUT2D eigenvalue weighted by Crippen LogP contribution is -2.53. The molecule has 43 heavy (non-hydrogen) atoms. The van der Waals surface area contributed by atoms with Gasteiger partial charge in [-0.05, 0) is 53.4 Å². The molecule has 1 aliphatic carbocycles. The molecule has 10 nitrogen and oxygen atoms in total. The number of piperidine rings is 1. The molecule has 0 aromatic carbocycles. The minimum Gasteiger partial charge on any atom is -0.436 e. The fourth-order valence-corrected chi connectivity index (χ4v) is 7.16. The number of carbonyl (C=O) groups excluding carboxylic acids is 3. The highest BCUT2D eigenvalue weighted by Gasteiger charge is 2.43. The van der Waals surface area contributed by atoms with E-state index in [9.17, 15) is 23.2 Å². The van der Waals surface area contributed by atoms with Crippen LogP contribution in [0.25, 0.3) is 0 Å². The topological polar surface area (TPSA) is 113 Å². The molecule has 242 valence electrons. The Morgan fingerprint density at radius 2 is 1.81 bits per heavy atom. The van der Waals surface area contributed by atoms with Gasteiger partial charge in [-0.1, -0.05) is 31.1 Å². The smallest absolute Gasteiger partial charge is 0.408 e. The Balaban J connectivity index is 1.54. The van der Waals surface area contributed by atoms with E-state index in [1.54, 1.807) is 6.20 Å². The number of aromatic nitrogens is 1. The number of halogens is 2. The third kappa shape index (κ3) is 9.55. The lowest BCUT2D eigenvalue weighted by molar-refractivity contribution is -0.153. The molecule has 4 atom stereocenters. The molecule has 2 unspecified atom stereocenters. The Morgan fingerprint density at radius 3 is 2.44 bits per heavy atom. The van der Waals surface area contributed by atoms with Crippen LogP contribution in [0.3, 0.4) is 0 Å². The van der Waals surface area contributed by atoms with Crippen LogP contribution in [0.4, 0.5) is 18.7 Å². The molecular formula is C30H47F2N5O5S. The molecule has 2 aliphatic heterocycles. The van der Waals surface area contributed by atoms with Gasteiger partial charge < -0.3 is 19.7 Å². The van der Waals surface area contributed by atoms with Gasteiger partial charge in [0, 0.05) is 50.1 Å². The number of hydrogen-bond donors (Lipinski definition) is 2. The van der Waals surface area contributed by atoms with Crippen molar-refractivity contribution in [1.82, 2.24) is 20.1 Å². The predicted octanol–water partition coefficient (Wildman–Crippen LogP) is 5.21. The Bertz CT molecular complexity index is 1130. The number of carbonyl (C=O) groups is 3. The first kappa shape index (κ1) is 33.5. The summed E-state index contributed by atoms with van der Waals surface area (Å²) in [4.78, 5) is 47.6. The van der Waals surface area contributed by atoms with Crippen LogP contribution in [-0.4, -0.2) is 88.6 Å². The van der Waals surface area contributed by atoms with Gasteiger partial charge in [0.15, 0.2) is 11.2 Å². The molecule has 1 saturated carbocycles. The van der Waals surface area contributed by atoms with Crippen molar-refractivity contribution in [2.75, 3.05) is 31.5 Å². The van der Waals surface area contributed by atoms with E-state index in [-0.39, 0.29) is 35.6 Å². The van der Waals surface area contributed by atoms with Gasteiger partial charge in [0.25, 0.3) is 11.8 Å². The number of anilines is 1. The molecule has 3 fully saturated rings. The fraction of sp³-hybridized carbons (Fsp3) is 0.800. The number of alkyl carbamates (subject to hydrolysis) is 1. The summed E-state index contributed by atoms with van der Waals surface area (Å²) < 4.78 is 40.6. The Morgan fingerprint density at radius 1 is 1.16 bits per heavy atom. The van der Waals surface area contributed by atoms with Gasteiger partial charge in [-0.3, -0.25) is 19.8 Å². The number of thiazole rings is 1. The van der Waals surface area contributed by atoms with Crippen LogP contribution in [0.15, 0.2) is 6.20 Å². The monoisotopic (exact) mass is 627 g/mol. The highest BCUT2D eigenvalue weighted by Crippen LogP contribution is 2.37. The van der Waals surface area contributed by atoms with Crippen molar-refractivity contribution in [3.63, 3.8) is 0 Å². The van der Waals surface area contributed by atoms with Gasteiger partial charge in [0.1, 0.15) is 0 Å². The van der Waals surface area contributed by atoms with Crippen molar-refractivity contribution in [2.24, 2.45) is 11.8 Å². The maximum atomic E-state index is 14.5. The zero-order valence-electron chi connectivity index (χ0n) is 26.2. The predicted molar refractivity (Wildman–Crippen MR) is 160 cm³/mol. The lowest BCUT2D eigenvalue weighted by atomic mass is 9.80. The van der Waals surface area contributed by atoms with Crippen LogP contribution >= 0.6 is 11.3 Å². The second kappa shape index (κ2) is 13.7. The van der Waals surface area contributed by atoms with E-state index in [1.807, 2.05) is 34.6 Å². The number of ether oxygens (including phenoxy) is 2. The molecule has 2 saturated heterocycles. The standard InChI is InChI=1S/C30H47F2N5O5S/c1-18-7-9-21(10-8-18)25(42-28(40)35-29(4,5)6)26(39)34-27-33-13-23(43-27)22(16-36-14-19(2)41-20(3)15-36)37-17-30(31,32)12-11-24(37)38/h13,18-22,25H,7-12,14-17H2,1-6H3,(H,35,40)(H,33,34,39)/t18?,19-,20-,21?,22?,25?/m0/s1. The number of nitrogens with zero attached hydrogens (tertiary/aromatic N) is 3. The number of rotatable bonds is 8. The minimum absolute atomic E-state index is 0.0330. The summed E-state index contributed by atoms with van der Waals surface area (Å²) in [6, 6.07) is -0.663. The third-order valence-corrected chi connectivity index (χ3v) is 9.28. The highest BCUT2D eigenvalue weighted by molar-refractivity contribution is 7.15. The first-order valence-electron chi connectivity index (χ1n) is 15.4. The first-order chi connectivity index (χ1) is 20.1. The van der Waals surface area contributed by atoms with Crippen molar-refractivity contribution in [3.05, 3.63) is 11.1 Å². The number of likely N-dealkylation sites (tertiary alicyclic amines) is 1. The zero-order valence-corrected chi connectivity index (χ0v) is 27.0. The molecule has 1 aromatic rings. The Kier molecular flexibility index (Phi) is 10.7. The van der Waals surface area contributed by atoms with Crippen LogP contribution in [-0.2, 0) is 19.1 Å². The number of nitrogens with one attached hydrogen (secondary N) is 2. The van der Waals surface area contributed by atoms with Crippen LogP contribution in [0.5, 0.6) is 0 Å². The zero-order chi connectivity index (χ0) is 31.5. The number of morpholine rings is 1. The maximum absolute atomic E-state index is 14.5. The van der Waals surface area contributed by atoms with Crippen LogP contribution in [0.1, 0.15) is 91.0 Å². The lowest BCUT2D eigenvalue weighted by Gasteiger charge is -2.42. The van der Waals surface area contributed by atoms with Gasteiger partial charge in [-0.2, -0.15) is 0 Å². The van der Waals surface area contributed by atoms with Crippen molar-refractivity contribution in [1.29, 1.82) is 0 Å². The quantitative estimate of drug-likeness (QED) is 0.407. The Hall–Kier alpha value is -2.38. The molecule has 4 rings (SSSR count). The summed E-state index contributed by atoms with van der Waals surface area (Å²) in [5.41, 5.74) is -0.531. The average molecular weight is 628 g/mol. The molecule has 13 heteroatoms. The van der Waals surface area contributed by atoms with E-state index in [4.69, 9.17) is 9.47 Å². The van der Waals surface area contributed by atoms with E-state index in [2.05, 4.69) is 27.4 Å². The van der Waals surface area contributed by atoms with Crippen LogP contribution in [0, 0.1) is 11.8 Å². The van der Waals surface area contributed by atoms with E-state index in [0.29, 0.717) is 30.4 Å². The number of alkyl halides is 2. The van der Waals surface area contributed by atoms with Gasteiger partial charge >= 0.3 is 6.09 Å². The van der Waals surface area contributed by atoms with Gasteiger partial charge in [0.2, 0.25) is 5.91 Å². The second-order valence-corrected chi connectivity index (χ2v) is 14.7. The Labute approximate surface area is 257 Å². The average Bonchev–Trinajstić information content (AvgIpc) is 3.34. The van der Waals surface area contributed by atoms with E-state index < -0.39 is 48.6 Å². The first-order valence-corrected chi connectivity index (χ1v) is 16.2. The van der Waals surface area contributed by atoms with Crippen LogP contribution in [0.2, 0.25) is 0 Å². The van der Waals surface area contributed by atoms with E-state index in [1.165, 1.54) is 4.90 Å². The summed E-state index contributed by atoms with van der Waals surface area (Å²) >= 11 is 1.15. The van der Waals surface area contributed by atoms with Gasteiger partial charge in [-0.15, -0.1) is 0 Å².